The standard InChI is InChI=1S/C19H29NO4/c1-4-15(20-12-8-7-9-16(20)19(21)22)14-10-11-17(23-5-2)18(13-14)24-6-3/h10-11,13,15-16H,4-9,12H2,1-3H3,(H,21,22). The van der Waals surface area contributed by atoms with Crippen molar-refractivity contribution in [1.82, 2.24) is 4.90 Å². The maximum absolute atomic E-state index is 11.6. The van der Waals surface area contributed by atoms with Gasteiger partial charge in [-0.05, 0) is 57.4 Å². The number of rotatable bonds is 8. The van der Waals surface area contributed by atoms with Crippen LogP contribution in [-0.4, -0.2) is 41.8 Å². The molecule has 1 aromatic carbocycles. The number of piperidine rings is 1. The Kier molecular flexibility index (Phi) is 6.91. The first-order chi connectivity index (χ1) is 11.6. The molecule has 0 aliphatic carbocycles. The van der Waals surface area contributed by atoms with Gasteiger partial charge in [-0.2, -0.15) is 0 Å². The third-order valence-corrected chi connectivity index (χ3v) is 4.57. The van der Waals surface area contributed by atoms with E-state index in [0.717, 1.165) is 49.3 Å². The van der Waals surface area contributed by atoms with Crippen LogP contribution in [0.4, 0.5) is 0 Å². The minimum atomic E-state index is -0.718. The lowest BCUT2D eigenvalue weighted by atomic mass is 9.94. The predicted molar refractivity (Wildman–Crippen MR) is 93.8 cm³/mol. The Labute approximate surface area is 144 Å². The molecule has 5 nitrogen and oxygen atoms in total. The molecule has 2 atom stereocenters. The summed E-state index contributed by atoms with van der Waals surface area (Å²) in [5.74, 6) is 0.759. The average molecular weight is 335 g/mol. The van der Waals surface area contributed by atoms with Gasteiger partial charge < -0.3 is 14.6 Å². The summed E-state index contributed by atoms with van der Waals surface area (Å²) in [4.78, 5) is 13.8. The van der Waals surface area contributed by atoms with Gasteiger partial charge in [0.2, 0.25) is 0 Å². The lowest BCUT2D eigenvalue weighted by Crippen LogP contribution is -2.46. The second kappa shape index (κ2) is 8.92. The molecule has 0 radical (unpaired) electrons. The number of aliphatic carboxylic acids is 1. The number of nitrogens with zero attached hydrogens (tertiary/aromatic N) is 1. The van der Waals surface area contributed by atoms with E-state index in [9.17, 15) is 9.90 Å². The zero-order chi connectivity index (χ0) is 17.5. The molecule has 24 heavy (non-hydrogen) atoms. The van der Waals surface area contributed by atoms with Gasteiger partial charge in [0, 0.05) is 6.04 Å². The molecule has 0 spiro atoms. The maximum Gasteiger partial charge on any atom is 0.320 e. The van der Waals surface area contributed by atoms with Crippen LogP contribution in [-0.2, 0) is 4.79 Å². The average Bonchev–Trinajstić information content (AvgIpc) is 2.58. The first-order valence-electron chi connectivity index (χ1n) is 9.00. The highest BCUT2D eigenvalue weighted by molar-refractivity contribution is 5.73. The molecule has 2 unspecified atom stereocenters. The van der Waals surface area contributed by atoms with E-state index in [2.05, 4.69) is 11.8 Å². The minimum absolute atomic E-state index is 0.0845. The Morgan fingerprint density at radius 1 is 1.21 bits per heavy atom. The van der Waals surface area contributed by atoms with Crippen molar-refractivity contribution in [2.45, 2.75) is 58.5 Å². The summed E-state index contributed by atoms with van der Waals surface area (Å²) in [6, 6.07) is 5.67. The van der Waals surface area contributed by atoms with Crippen molar-refractivity contribution in [3.63, 3.8) is 0 Å². The number of hydrogen-bond donors (Lipinski definition) is 1. The van der Waals surface area contributed by atoms with Gasteiger partial charge in [-0.15, -0.1) is 0 Å². The second-order valence-corrected chi connectivity index (χ2v) is 6.08. The van der Waals surface area contributed by atoms with Crippen LogP contribution in [0.15, 0.2) is 18.2 Å². The van der Waals surface area contributed by atoms with E-state index < -0.39 is 12.0 Å². The normalized spacial score (nSPS) is 19.7. The summed E-state index contributed by atoms with van der Waals surface area (Å²) < 4.78 is 11.4. The third-order valence-electron chi connectivity index (χ3n) is 4.57. The Hall–Kier alpha value is -1.75. The second-order valence-electron chi connectivity index (χ2n) is 6.08. The highest BCUT2D eigenvalue weighted by Gasteiger charge is 2.33. The number of hydrogen-bond acceptors (Lipinski definition) is 4. The summed E-state index contributed by atoms with van der Waals surface area (Å²) >= 11 is 0. The molecular formula is C19H29NO4. The van der Waals surface area contributed by atoms with Crippen molar-refractivity contribution in [2.75, 3.05) is 19.8 Å². The number of carboxylic acid groups (broad SMARTS) is 1. The molecule has 0 saturated carbocycles. The quantitative estimate of drug-likeness (QED) is 0.781. The van der Waals surface area contributed by atoms with Crippen LogP contribution < -0.4 is 9.47 Å². The van der Waals surface area contributed by atoms with Gasteiger partial charge in [0.1, 0.15) is 6.04 Å². The molecule has 1 heterocycles. The van der Waals surface area contributed by atoms with Crippen molar-refractivity contribution in [3.8, 4) is 11.5 Å². The van der Waals surface area contributed by atoms with Crippen molar-refractivity contribution in [2.24, 2.45) is 0 Å². The predicted octanol–water partition coefficient (Wildman–Crippen LogP) is 3.87. The summed E-state index contributed by atoms with van der Waals surface area (Å²) in [6.07, 6.45) is 3.62. The number of carboxylic acids is 1. The van der Waals surface area contributed by atoms with Gasteiger partial charge in [-0.1, -0.05) is 19.4 Å². The monoisotopic (exact) mass is 335 g/mol. The van der Waals surface area contributed by atoms with Crippen molar-refractivity contribution in [1.29, 1.82) is 0 Å². The summed E-state index contributed by atoms with van der Waals surface area (Å²) in [5, 5.41) is 9.57. The van der Waals surface area contributed by atoms with E-state index in [1.54, 1.807) is 0 Å². The fourth-order valence-electron chi connectivity index (χ4n) is 3.53. The molecule has 5 heteroatoms. The molecule has 0 bridgehead atoms. The Bertz CT molecular complexity index is 546. The molecule has 1 aromatic rings. The summed E-state index contributed by atoms with van der Waals surface area (Å²) in [5.41, 5.74) is 1.09. The van der Waals surface area contributed by atoms with Crippen molar-refractivity contribution < 1.29 is 19.4 Å². The minimum Gasteiger partial charge on any atom is -0.490 e. The molecule has 0 amide bonds. The summed E-state index contributed by atoms with van der Waals surface area (Å²) in [6.45, 7) is 7.99. The van der Waals surface area contributed by atoms with Gasteiger partial charge in [-0.3, -0.25) is 9.69 Å². The molecular weight excluding hydrogens is 306 g/mol. The van der Waals surface area contributed by atoms with Crippen LogP contribution >= 0.6 is 0 Å². The molecule has 1 saturated heterocycles. The van der Waals surface area contributed by atoms with E-state index in [1.165, 1.54) is 0 Å². The smallest absolute Gasteiger partial charge is 0.320 e. The Morgan fingerprint density at radius 3 is 2.54 bits per heavy atom. The van der Waals surface area contributed by atoms with E-state index in [4.69, 9.17) is 9.47 Å². The van der Waals surface area contributed by atoms with Crippen molar-refractivity contribution in [3.05, 3.63) is 23.8 Å². The molecule has 134 valence electrons. The van der Waals surface area contributed by atoms with Crippen LogP contribution in [0, 0.1) is 0 Å². The van der Waals surface area contributed by atoms with Crippen LogP contribution in [0.25, 0.3) is 0 Å². The molecule has 1 aliphatic heterocycles. The van der Waals surface area contributed by atoms with Crippen LogP contribution in [0.5, 0.6) is 11.5 Å². The van der Waals surface area contributed by atoms with E-state index in [1.807, 2.05) is 32.0 Å². The molecule has 1 N–H and O–H groups in total. The molecule has 1 aliphatic rings. The van der Waals surface area contributed by atoms with E-state index in [-0.39, 0.29) is 6.04 Å². The highest BCUT2D eigenvalue weighted by Crippen LogP contribution is 2.36. The SMILES string of the molecule is CCOc1ccc(C(CC)N2CCCCC2C(=O)O)cc1OCC. The fraction of sp³-hybridized carbons (Fsp3) is 0.632. The molecule has 2 rings (SSSR count). The lowest BCUT2D eigenvalue weighted by molar-refractivity contribution is -0.146. The Morgan fingerprint density at radius 2 is 1.92 bits per heavy atom. The Balaban J connectivity index is 2.31. The first kappa shape index (κ1) is 18.6. The fourth-order valence-corrected chi connectivity index (χ4v) is 3.53. The van der Waals surface area contributed by atoms with Crippen LogP contribution in [0.3, 0.4) is 0 Å². The zero-order valence-electron chi connectivity index (χ0n) is 15.0. The zero-order valence-corrected chi connectivity index (χ0v) is 15.0. The van der Waals surface area contributed by atoms with Gasteiger partial charge in [0.05, 0.1) is 13.2 Å². The molecule has 1 fully saturated rings. The first-order valence-corrected chi connectivity index (χ1v) is 9.00. The highest BCUT2D eigenvalue weighted by atomic mass is 16.5. The maximum atomic E-state index is 11.6. The van der Waals surface area contributed by atoms with Gasteiger partial charge >= 0.3 is 5.97 Å². The number of benzene rings is 1. The summed E-state index contributed by atoms with van der Waals surface area (Å²) in [7, 11) is 0. The lowest BCUT2D eigenvalue weighted by Gasteiger charge is -2.39. The van der Waals surface area contributed by atoms with Crippen LogP contribution in [0.2, 0.25) is 0 Å². The van der Waals surface area contributed by atoms with Crippen LogP contribution in [0.1, 0.15) is 58.1 Å². The van der Waals surface area contributed by atoms with Crippen molar-refractivity contribution >= 4 is 5.97 Å². The third kappa shape index (κ3) is 4.20. The number of likely N-dealkylation sites (tertiary alicyclic amines) is 1. The largest absolute Gasteiger partial charge is 0.490 e. The van der Waals surface area contributed by atoms with E-state index >= 15 is 0 Å². The van der Waals surface area contributed by atoms with E-state index in [0.29, 0.717) is 13.2 Å². The van der Waals surface area contributed by atoms with Gasteiger partial charge in [0.15, 0.2) is 11.5 Å². The van der Waals surface area contributed by atoms with Gasteiger partial charge in [0.25, 0.3) is 0 Å². The topological polar surface area (TPSA) is 59.0 Å². The number of ether oxygens (including phenoxy) is 2. The van der Waals surface area contributed by atoms with Gasteiger partial charge in [-0.25, -0.2) is 0 Å². The number of carbonyl (C=O) groups is 1. The molecule has 0 aromatic heterocycles.